The first-order valence-electron chi connectivity index (χ1n) is 10.1. The lowest BCUT2D eigenvalue weighted by molar-refractivity contribution is -0.227. The van der Waals surface area contributed by atoms with Crippen LogP contribution < -0.4 is 11.5 Å². The van der Waals surface area contributed by atoms with Gasteiger partial charge in [0, 0.05) is 38.3 Å². The van der Waals surface area contributed by atoms with Gasteiger partial charge < -0.3 is 25.8 Å². The summed E-state index contributed by atoms with van der Waals surface area (Å²) < 4.78 is 11.6. The standard InChI is InChI=1S/C22H33N3O5/c1-20(2,3)22(30-19(24)28)12-11-16(17(26)25(4)5)14-21(22,29-18(23)27)13-15-9-7-6-8-10-15/h6-10,16H,11-14H2,1-5H3,(H2,23,27)(H2,24,28)/t16-,21+,22-/m0/s1. The molecule has 0 heterocycles. The topological polar surface area (TPSA) is 125 Å². The molecule has 2 rings (SSSR count). The minimum atomic E-state index is -1.37. The number of benzene rings is 1. The molecule has 0 bridgehead atoms. The Morgan fingerprint density at radius 2 is 1.63 bits per heavy atom. The molecular weight excluding hydrogens is 386 g/mol. The van der Waals surface area contributed by atoms with Gasteiger partial charge in [0.15, 0.2) is 11.2 Å². The van der Waals surface area contributed by atoms with E-state index in [1.54, 1.807) is 14.1 Å². The Labute approximate surface area is 177 Å². The average molecular weight is 420 g/mol. The molecular formula is C22H33N3O5. The van der Waals surface area contributed by atoms with Gasteiger partial charge in [-0.2, -0.15) is 0 Å². The molecule has 30 heavy (non-hydrogen) atoms. The molecule has 1 aliphatic rings. The maximum Gasteiger partial charge on any atom is 0.405 e. The zero-order valence-electron chi connectivity index (χ0n) is 18.4. The largest absolute Gasteiger partial charge is 0.438 e. The Morgan fingerprint density at radius 1 is 1.07 bits per heavy atom. The summed E-state index contributed by atoms with van der Waals surface area (Å²) >= 11 is 0. The van der Waals surface area contributed by atoms with Gasteiger partial charge in [0.2, 0.25) is 5.91 Å². The molecule has 166 valence electrons. The highest BCUT2D eigenvalue weighted by atomic mass is 16.6. The van der Waals surface area contributed by atoms with Crippen LogP contribution in [0.1, 0.15) is 45.6 Å². The molecule has 3 amide bonds. The summed E-state index contributed by atoms with van der Waals surface area (Å²) in [5, 5.41) is 0. The van der Waals surface area contributed by atoms with Crippen molar-refractivity contribution in [3.05, 3.63) is 35.9 Å². The van der Waals surface area contributed by atoms with Gasteiger partial charge in [0.05, 0.1) is 0 Å². The van der Waals surface area contributed by atoms with Crippen molar-refractivity contribution >= 4 is 18.1 Å². The predicted molar refractivity (Wildman–Crippen MR) is 112 cm³/mol. The maximum atomic E-state index is 12.8. The van der Waals surface area contributed by atoms with Gasteiger partial charge in [-0.25, -0.2) is 9.59 Å². The smallest absolute Gasteiger partial charge is 0.405 e. The Bertz CT molecular complexity index is 790. The fraction of sp³-hybridized carbons (Fsp3) is 0.591. The van der Waals surface area contributed by atoms with Gasteiger partial charge in [0.25, 0.3) is 0 Å². The van der Waals surface area contributed by atoms with Crippen molar-refractivity contribution in [2.75, 3.05) is 14.1 Å². The predicted octanol–water partition coefficient (Wildman–Crippen LogP) is 2.83. The molecule has 0 aliphatic heterocycles. The number of nitrogens with zero attached hydrogens (tertiary/aromatic N) is 1. The number of carbonyl (C=O) groups is 3. The SMILES string of the molecule is CN(C)C(=O)[C@H]1CC[C@](OC(N)=O)(C(C)(C)C)[C@](Cc2ccccc2)(OC(N)=O)C1. The number of carbonyl (C=O) groups excluding carboxylic acids is 3. The van der Waals surface area contributed by atoms with E-state index in [1.165, 1.54) is 4.90 Å². The van der Waals surface area contributed by atoms with E-state index < -0.39 is 34.7 Å². The normalized spacial score (nSPS) is 26.5. The fourth-order valence-corrected chi connectivity index (χ4v) is 4.87. The lowest BCUT2D eigenvalue weighted by atomic mass is 9.56. The molecule has 0 unspecified atom stereocenters. The van der Waals surface area contributed by atoms with Crippen LogP contribution >= 0.6 is 0 Å². The maximum absolute atomic E-state index is 12.8. The first-order chi connectivity index (χ1) is 13.8. The highest BCUT2D eigenvalue weighted by molar-refractivity contribution is 5.79. The molecule has 0 aromatic heterocycles. The van der Waals surface area contributed by atoms with Crippen LogP contribution in [-0.4, -0.2) is 48.3 Å². The fourth-order valence-electron chi connectivity index (χ4n) is 4.87. The second-order valence-corrected chi connectivity index (χ2v) is 9.25. The third-order valence-corrected chi connectivity index (χ3v) is 6.06. The lowest BCUT2D eigenvalue weighted by Gasteiger charge is -2.58. The number of rotatable bonds is 5. The molecule has 0 spiro atoms. The molecule has 1 aliphatic carbocycles. The van der Waals surface area contributed by atoms with E-state index in [1.807, 2.05) is 51.1 Å². The molecule has 1 fully saturated rings. The molecule has 3 atom stereocenters. The summed E-state index contributed by atoms with van der Waals surface area (Å²) in [4.78, 5) is 38.5. The lowest BCUT2D eigenvalue weighted by Crippen LogP contribution is -2.70. The Hall–Kier alpha value is -2.77. The molecule has 0 saturated heterocycles. The van der Waals surface area contributed by atoms with Gasteiger partial charge in [-0.05, 0) is 18.4 Å². The second kappa shape index (κ2) is 8.53. The van der Waals surface area contributed by atoms with E-state index in [4.69, 9.17) is 20.9 Å². The van der Waals surface area contributed by atoms with Crippen LogP contribution in [0.5, 0.6) is 0 Å². The molecule has 8 heteroatoms. The van der Waals surface area contributed by atoms with E-state index >= 15 is 0 Å². The van der Waals surface area contributed by atoms with Gasteiger partial charge in [-0.1, -0.05) is 51.1 Å². The van der Waals surface area contributed by atoms with Crippen LogP contribution in [-0.2, 0) is 20.7 Å². The second-order valence-electron chi connectivity index (χ2n) is 9.25. The molecule has 1 aromatic carbocycles. The quantitative estimate of drug-likeness (QED) is 0.759. The number of nitrogens with two attached hydrogens (primary N) is 2. The van der Waals surface area contributed by atoms with Crippen molar-refractivity contribution in [1.29, 1.82) is 0 Å². The third-order valence-electron chi connectivity index (χ3n) is 6.06. The van der Waals surface area contributed by atoms with E-state index in [-0.39, 0.29) is 18.7 Å². The molecule has 1 aromatic rings. The van der Waals surface area contributed by atoms with Crippen LogP contribution in [0.3, 0.4) is 0 Å². The first kappa shape index (κ1) is 23.5. The van der Waals surface area contributed by atoms with Crippen molar-refractivity contribution in [3.63, 3.8) is 0 Å². The van der Waals surface area contributed by atoms with E-state index in [0.717, 1.165) is 5.56 Å². The van der Waals surface area contributed by atoms with Crippen molar-refractivity contribution in [2.45, 2.75) is 57.7 Å². The average Bonchev–Trinajstić information content (AvgIpc) is 2.61. The van der Waals surface area contributed by atoms with E-state index in [2.05, 4.69) is 0 Å². The summed E-state index contributed by atoms with van der Waals surface area (Å²) in [5.41, 5.74) is 8.54. The van der Waals surface area contributed by atoms with Crippen LogP contribution in [0.15, 0.2) is 30.3 Å². The number of ether oxygens (including phenoxy) is 2. The summed E-state index contributed by atoms with van der Waals surface area (Å²) in [6.07, 6.45) is -0.826. The van der Waals surface area contributed by atoms with Crippen LogP contribution in [0.2, 0.25) is 0 Å². The third kappa shape index (κ3) is 4.52. The molecule has 4 N–H and O–H groups in total. The first-order valence-corrected chi connectivity index (χ1v) is 10.1. The number of hydrogen-bond donors (Lipinski definition) is 2. The van der Waals surface area contributed by atoms with E-state index in [9.17, 15) is 14.4 Å². The highest BCUT2D eigenvalue weighted by Crippen LogP contribution is 2.55. The minimum absolute atomic E-state index is 0.0814. The Kier molecular flexibility index (Phi) is 6.69. The van der Waals surface area contributed by atoms with Crippen molar-refractivity contribution in [2.24, 2.45) is 22.8 Å². The zero-order chi connectivity index (χ0) is 22.7. The van der Waals surface area contributed by atoms with Crippen LogP contribution in [0.4, 0.5) is 9.59 Å². The van der Waals surface area contributed by atoms with Gasteiger partial charge in [-0.15, -0.1) is 0 Å². The Morgan fingerprint density at radius 3 is 2.10 bits per heavy atom. The molecule has 1 saturated carbocycles. The summed E-state index contributed by atoms with van der Waals surface area (Å²) in [5.74, 6) is -0.503. The van der Waals surface area contributed by atoms with Gasteiger partial charge in [-0.3, -0.25) is 4.79 Å². The Balaban J connectivity index is 2.71. The van der Waals surface area contributed by atoms with Crippen molar-refractivity contribution in [1.82, 2.24) is 4.90 Å². The van der Waals surface area contributed by atoms with Crippen molar-refractivity contribution in [3.8, 4) is 0 Å². The summed E-state index contributed by atoms with van der Waals surface area (Å²) in [6, 6.07) is 9.39. The van der Waals surface area contributed by atoms with Crippen molar-refractivity contribution < 1.29 is 23.9 Å². The summed E-state index contributed by atoms with van der Waals surface area (Å²) in [7, 11) is 3.36. The van der Waals surface area contributed by atoms with Crippen LogP contribution in [0.25, 0.3) is 0 Å². The zero-order valence-corrected chi connectivity index (χ0v) is 18.4. The van der Waals surface area contributed by atoms with Crippen LogP contribution in [0, 0.1) is 11.3 Å². The molecule has 8 nitrogen and oxygen atoms in total. The monoisotopic (exact) mass is 419 g/mol. The highest BCUT2D eigenvalue weighted by Gasteiger charge is 2.66. The van der Waals surface area contributed by atoms with E-state index in [0.29, 0.717) is 12.8 Å². The summed E-state index contributed by atoms with van der Waals surface area (Å²) in [6.45, 7) is 5.69. The number of hydrogen-bond acceptors (Lipinski definition) is 5. The van der Waals surface area contributed by atoms with Gasteiger partial charge >= 0.3 is 12.2 Å². The van der Waals surface area contributed by atoms with Gasteiger partial charge in [0.1, 0.15) is 0 Å². The molecule has 0 radical (unpaired) electrons. The number of amides is 3. The minimum Gasteiger partial charge on any atom is -0.438 e. The number of primary amides is 2.